The van der Waals surface area contributed by atoms with E-state index in [4.69, 9.17) is 10.2 Å². The molecule has 0 saturated heterocycles. The Morgan fingerprint density at radius 3 is 2.43 bits per heavy atom. The number of benzene rings is 2. The second-order valence-corrected chi connectivity index (χ2v) is 4.80. The summed E-state index contributed by atoms with van der Waals surface area (Å²) in [5.41, 5.74) is 6.94. The summed E-state index contributed by atoms with van der Waals surface area (Å²) in [4.78, 5) is 24.0. The summed E-state index contributed by atoms with van der Waals surface area (Å²) in [7, 11) is 0. The molecular weight excluding hydrogens is 266 g/mol. The van der Waals surface area contributed by atoms with Crippen LogP contribution < -0.4 is 11.2 Å². The Morgan fingerprint density at radius 1 is 1.05 bits per heavy atom. The van der Waals surface area contributed by atoms with E-state index in [1.165, 1.54) is 0 Å². The van der Waals surface area contributed by atoms with Crippen molar-refractivity contribution in [3.63, 3.8) is 0 Å². The maximum absolute atomic E-state index is 12.5. The van der Waals surface area contributed by atoms with Crippen molar-refractivity contribution in [1.29, 1.82) is 0 Å². The Morgan fingerprint density at radius 2 is 1.76 bits per heavy atom. The van der Waals surface area contributed by atoms with Crippen LogP contribution in [0.1, 0.15) is 15.9 Å². The van der Waals surface area contributed by atoms with Gasteiger partial charge in [-0.3, -0.25) is 9.59 Å². The van der Waals surface area contributed by atoms with Gasteiger partial charge in [0.05, 0.1) is 10.9 Å². The van der Waals surface area contributed by atoms with E-state index in [2.05, 4.69) is 0 Å². The van der Waals surface area contributed by atoms with Gasteiger partial charge >= 0.3 is 0 Å². The van der Waals surface area contributed by atoms with Crippen molar-refractivity contribution in [3.05, 3.63) is 69.9 Å². The Labute approximate surface area is 120 Å². The molecule has 0 radical (unpaired) electrons. The second kappa shape index (κ2) is 4.90. The Balaban J connectivity index is 2.43. The van der Waals surface area contributed by atoms with Crippen molar-refractivity contribution in [1.82, 2.24) is 0 Å². The topological polar surface area (TPSA) is 73.3 Å². The van der Waals surface area contributed by atoms with E-state index in [0.29, 0.717) is 16.7 Å². The molecule has 3 aromatic rings. The first kappa shape index (κ1) is 13.1. The molecule has 1 heterocycles. The first-order chi connectivity index (χ1) is 10.1. The van der Waals surface area contributed by atoms with Crippen molar-refractivity contribution in [2.24, 2.45) is 5.73 Å². The van der Waals surface area contributed by atoms with Gasteiger partial charge in [0, 0.05) is 11.1 Å². The molecule has 0 fully saturated rings. The van der Waals surface area contributed by atoms with Crippen molar-refractivity contribution in [3.8, 4) is 11.3 Å². The van der Waals surface area contributed by atoms with E-state index in [9.17, 15) is 9.59 Å². The summed E-state index contributed by atoms with van der Waals surface area (Å²) in [6.45, 7) is 1.71. The molecule has 21 heavy (non-hydrogen) atoms. The maximum atomic E-state index is 12.5. The lowest BCUT2D eigenvalue weighted by atomic mass is 10.0. The van der Waals surface area contributed by atoms with Gasteiger partial charge in [0.25, 0.3) is 5.91 Å². The zero-order chi connectivity index (χ0) is 15.0. The molecule has 0 spiro atoms. The monoisotopic (exact) mass is 279 g/mol. The summed E-state index contributed by atoms with van der Waals surface area (Å²) >= 11 is 0. The van der Waals surface area contributed by atoms with Gasteiger partial charge in [-0.2, -0.15) is 0 Å². The molecule has 2 N–H and O–H groups in total. The minimum absolute atomic E-state index is 0.154. The number of carbonyl (C=O) groups is 1. The van der Waals surface area contributed by atoms with E-state index in [-0.39, 0.29) is 16.6 Å². The normalized spacial score (nSPS) is 10.7. The fourth-order valence-electron chi connectivity index (χ4n) is 2.37. The van der Waals surface area contributed by atoms with Crippen LogP contribution in [0.3, 0.4) is 0 Å². The van der Waals surface area contributed by atoms with Gasteiger partial charge in [0.15, 0.2) is 11.0 Å². The van der Waals surface area contributed by atoms with E-state index in [1.807, 2.05) is 30.3 Å². The molecule has 0 aliphatic carbocycles. The Kier molecular flexibility index (Phi) is 3.06. The summed E-state index contributed by atoms with van der Waals surface area (Å²) < 4.78 is 5.85. The molecule has 0 bridgehead atoms. The molecule has 0 atom stereocenters. The van der Waals surface area contributed by atoms with Crippen LogP contribution in [0.25, 0.3) is 22.3 Å². The number of para-hydroxylation sites is 1. The highest BCUT2D eigenvalue weighted by Crippen LogP contribution is 2.26. The number of primary amides is 1. The quantitative estimate of drug-likeness (QED) is 0.783. The Hall–Kier alpha value is -2.88. The van der Waals surface area contributed by atoms with E-state index in [0.717, 1.165) is 5.56 Å². The number of amides is 1. The molecule has 0 aliphatic heterocycles. The van der Waals surface area contributed by atoms with Crippen molar-refractivity contribution in [2.75, 3.05) is 0 Å². The molecule has 0 aliphatic rings. The molecular formula is C17H13NO3. The average molecular weight is 279 g/mol. The zero-order valence-corrected chi connectivity index (χ0v) is 11.4. The van der Waals surface area contributed by atoms with Crippen LogP contribution in [0.4, 0.5) is 0 Å². The van der Waals surface area contributed by atoms with Crippen LogP contribution in [-0.4, -0.2) is 5.91 Å². The molecule has 2 aromatic carbocycles. The van der Waals surface area contributed by atoms with Gasteiger partial charge in [0.1, 0.15) is 5.76 Å². The third-order valence-corrected chi connectivity index (χ3v) is 3.45. The highest BCUT2D eigenvalue weighted by atomic mass is 16.3. The molecule has 4 nitrogen and oxygen atoms in total. The molecule has 104 valence electrons. The van der Waals surface area contributed by atoms with Crippen molar-refractivity contribution >= 4 is 16.9 Å². The number of hydrogen-bond donors (Lipinski definition) is 1. The second-order valence-electron chi connectivity index (χ2n) is 4.80. The number of rotatable bonds is 2. The van der Waals surface area contributed by atoms with Crippen LogP contribution >= 0.6 is 0 Å². The molecule has 3 rings (SSSR count). The Bertz CT molecular complexity index is 895. The van der Waals surface area contributed by atoms with E-state index >= 15 is 0 Å². The predicted octanol–water partition coefficient (Wildman–Crippen LogP) is 2.87. The fraction of sp³-hybridized carbons (Fsp3) is 0.0588. The SMILES string of the molecule is Cc1c(-c2ccccc2)oc2c(C(N)=O)cccc2c1=O. The van der Waals surface area contributed by atoms with Gasteiger partial charge in [0.2, 0.25) is 0 Å². The summed E-state index contributed by atoms with van der Waals surface area (Å²) in [6, 6.07) is 14.1. The van der Waals surface area contributed by atoms with Crippen molar-refractivity contribution in [2.45, 2.75) is 6.92 Å². The number of fused-ring (bicyclic) bond motifs is 1. The molecule has 4 heteroatoms. The highest BCUT2D eigenvalue weighted by Gasteiger charge is 2.16. The number of hydrogen-bond acceptors (Lipinski definition) is 3. The van der Waals surface area contributed by atoms with Crippen LogP contribution in [0, 0.1) is 6.92 Å². The van der Waals surface area contributed by atoms with Gasteiger partial charge in [-0.25, -0.2) is 0 Å². The summed E-state index contributed by atoms with van der Waals surface area (Å²) in [5, 5.41) is 0.364. The van der Waals surface area contributed by atoms with Crippen LogP contribution in [0.5, 0.6) is 0 Å². The maximum Gasteiger partial charge on any atom is 0.252 e. The fourth-order valence-corrected chi connectivity index (χ4v) is 2.37. The lowest BCUT2D eigenvalue weighted by Gasteiger charge is -2.08. The molecule has 1 amide bonds. The van der Waals surface area contributed by atoms with Crippen LogP contribution in [0.15, 0.2) is 57.7 Å². The number of carbonyl (C=O) groups excluding carboxylic acids is 1. The van der Waals surface area contributed by atoms with Crippen LogP contribution in [0.2, 0.25) is 0 Å². The third-order valence-electron chi connectivity index (χ3n) is 3.45. The predicted molar refractivity (Wildman–Crippen MR) is 81.2 cm³/mol. The molecule has 1 aromatic heterocycles. The largest absolute Gasteiger partial charge is 0.455 e. The first-order valence-corrected chi connectivity index (χ1v) is 6.51. The lowest BCUT2D eigenvalue weighted by molar-refractivity contribution is 0.100. The van der Waals surface area contributed by atoms with E-state index < -0.39 is 5.91 Å². The highest BCUT2D eigenvalue weighted by molar-refractivity contribution is 6.04. The van der Waals surface area contributed by atoms with Gasteiger partial charge in [-0.05, 0) is 19.1 Å². The number of nitrogens with two attached hydrogens (primary N) is 1. The molecule has 0 unspecified atom stereocenters. The summed E-state index contributed by atoms with van der Waals surface area (Å²) in [5.74, 6) is -0.159. The summed E-state index contributed by atoms with van der Waals surface area (Å²) in [6.07, 6.45) is 0. The van der Waals surface area contributed by atoms with Gasteiger partial charge < -0.3 is 10.2 Å². The van der Waals surface area contributed by atoms with E-state index in [1.54, 1.807) is 25.1 Å². The molecule has 0 saturated carbocycles. The zero-order valence-electron chi connectivity index (χ0n) is 11.4. The first-order valence-electron chi connectivity index (χ1n) is 6.51. The smallest absolute Gasteiger partial charge is 0.252 e. The minimum Gasteiger partial charge on any atom is -0.455 e. The average Bonchev–Trinajstić information content (AvgIpc) is 2.51. The van der Waals surface area contributed by atoms with Gasteiger partial charge in [-0.15, -0.1) is 0 Å². The lowest BCUT2D eigenvalue weighted by Crippen LogP contribution is -2.14. The van der Waals surface area contributed by atoms with Crippen LogP contribution in [-0.2, 0) is 0 Å². The standard InChI is InChI=1S/C17H13NO3/c1-10-14(19)12-8-5-9-13(17(18)20)16(12)21-15(10)11-6-3-2-4-7-11/h2-9H,1H3,(H2,18,20). The van der Waals surface area contributed by atoms with Crippen molar-refractivity contribution < 1.29 is 9.21 Å². The third kappa shape index (κ3) is 2.10. The minimum atomic E-state index is -0.619. The van der Waals surface area contributed by atoms with Gasteiger partial charge in [-0.1, -0.05) is 36.4 Å².